The van der Waals surface area contributed by atoms with Crippen molar-refractivity contribution >= 4 is 17.5 Å². The number of nitrogens with zero attached hydrogens (tertiary/aromatic N) is 4. The number of hydrogen-bond acceptors (Lipinski definition) is 9. The number of nitro benzene ring substituents is 1. The summed E-state index contributed by atoms with van der Waals surface area (Å²) in [4.78, 5) is 17.3. The molecule has 0 saturated heterocycles. The Kier molecular flexibility index (Phi) is 3.17. The molecule has 2 aromatic rings. The summed E-state index contributed by atoms with van der Waals surface area (Å²) in [6, 6.07) is 3.37. The van der Waals surface area contributed by atoms with E-state index in [9.17, 15) is 20.3 Å². The van der Waals surface area contributed by atoms with Gasteiger partial charge in [0.1, 0.15) is 23.2 Å². The number of phenolic OH excluding ortho intramolecular Hbond substituents is 2. The molecule has 0 aliphatic rings. The van der Waals surface area contributed by atoms with Gasteiger partial charge in [0.2, 0.25) is 5.95 Å². The van der Waals surface area contributed by atoms with Crippen LogP contribution < -0.4 is 11.5 Å². The third kappa shape index (κ3) is 2.30. The van der Waals surface area contributed by atoms with Crippen LogP contribution in [0.4, 0.5) is 17.5 Å². The molecule has 21 heavy (non-hydrogen) atoms. The molecule has 1 aromatic carbocycles. The second kappa shape index (κ2) is 4.82. The van der Waals surface area contributed by atoms with Gasteiger partial charge in [-0.15, -0.1) is 0 Å². The predicted molar refractivity (Wildman–Crippen MR) is 71.0 cm³/mol. The topological polar surface area (TPSA) is 185 Å². The van der Waals surface area contributed by atoms with E-state index in [1.165, 1.54) is 0 Å². The molecule has 2 rings (SSSR count). The lowest BCUT2D eigenvalue weighted by molar-refractivity contribution is -0.385. The third-order valence-corrected chi connectivity index (χ3v) is 2.61. The fraction of sp³-hybridized carbons (Fsp3) is 0. The van der Waals surface area contributed by atoms with Crippen molar-refractivity contribution in [3.8, 4) is 28.8 Å². The van der Waals surface area contributed by atoms with Crippen LogP contribution in [0.25, 0.3) is 11.3 Å². The Labute approximate surface area is 117 Å². The first kappa shape index (κ1) is 13.8. The summed E-state index contributed by atoms with van der Waals surface area (Å²) < 4.78 is 0. The van der Waals surface area contributed by atoms with E-state index in [0.717, 1.165) is 12.1 Å². The van der Waals surface area contributed by atoms with Gasteiger partial charge >= 0.3 is 5.69 Å². The first-order valence-electron chi connectivity index (χ1n) is 5.39. The second-order valence-electron chi connectivity index (χ2n) is 3.92. The molecule has 10 heteroatoms. The number of nitrogen functional groups attached to an aromatic ring is 2. The average molecular weight is 288 g/mol. The highest BCUT2D eigenvalue weighted by atomic mass is 16.6. The van der Waals surface area contributed by atoms with Crippen LogP contribution in [0.5, 0.6) is 11.5 Å². The van der Waals surface area contributed by atoms with Gasteiger partial charge in [-0.2, -0.15) is 10.2 Å². The Morgan fingerprint density at radius 1 is 1.24 bits per heavy atom. The molecule has 10 nitrogen and oxygen atoms in total. The maximum Gasteiger partial charge on any atom is 0.311 e. The summed E-state index contributed by atoms with van der Waals surface area (Å²) in [5.74, 6) is -1.74. The first-order valence-corrected chi connectivity index (χ1v) is 5.39. The Morgan fingerprint density at radius 2 is 1.90 bits per heavy atom. The Bertz CT molecular complexity index is 798. The summed E-state index contributed by atoms with van der Waals surface area (Å²) in [5, 5.41) is 39.1. The van der Waals surface area contributed by atoms with Crippen LogP contribution in [0.2, 0.25) is 0 Å². The van der Waals surface area contributed by atoms with E-state index < -0.39 is 22.1 Å². The predicted octanol–water partition coefficient (Wildman–Crippen LogP) is 0.499. The quantitative estimate of drug-likeness (QED) is 0.450. The van der Waals surface area contributed by atoms with E-state index in [1.807, 2.05) is 0 Å². The molecule has 0 bridgehead atoms. The standard InChI is InChI=1S/C11H8N6O4/c12-3-5-9(15-11(14)16-10(5)13)4-1-6(17(20)21)8(19)2-7(4)18/h1-2,18-19H,(H4,13,14,15,16). The molecular formula is C11H8N6O4. The van der Waals surface area contributed by atoms with Gasteiger partial charge in [0.05, 0.1) is 16.2 Å². The van der Waals surface area contributed by atoms with Crippen molar-refractivity contribution in [2.45, 2.75) is 0 Å². The van der Waals surface area contributed by atoms with Gasteiger partial charge in [0.25, 0.3) is 0 Å². The molecule has 106 valence electrons. The molecule has 0 fully saturated rings. The number of hydrogen-bond donors (Lipinski definition) is 4. The molecule has 0 spiro atoms. The summed E-state index contributed by atoms with van der Waals surface area (Å²) >= 11 is 0. The number of benzene rings is 1. The number of anilines is 2. The lowest BCUT2D eigenvalue weighted by Gasteiger charge is -2.09. The van der Waals surface area contributed by atoms with Crippen molar-refractivity contribution in [3.63, 3.8) is 0 Å². The van der Waals surface area contributed by atoms with Crippen molar-refractivity contribution in [3.05, 3.63) is 27.8 Å². The van der Waals surface area contributed by atoms with Gasteiger partial charge in [-0.1, -0.05) is 0 Å². The highest BCUT2D eigenvalue weighted by molar-refractivity contribution is 5.79. The SMILES string of the molecule is N#Cc1c(N)nc(N)nc1-c1cc([N+](=O)[O-])c(O)cc1O. The molecule has 1 heterocycles. The number of aromatic hydroxyl groups is 2. The van der Waals surface area contributed by atoms with E-state index in [2.05, 4.69) is 9.97 Å². The highest BCUT2D eigenvalue weighted by Crippen LogP contribution is 2.39. The first-order chi connectivity index (χ1) is 9.85. The Balaban J connectivity index is 2.82. The van der Waals surface area contributed by atoms with Gasteiger partial charge in [0.15, 0.2) is 5.75 Å². The van der Waals surface area contributed by atoms with E-state index in [0.29, 0.717) is 0 Å². The number of phenols is 2. The molecular weight excluding hydrogens is 280 g/mol. The lowest BCUT2D eigenvalue weighted by atomic mass is 10.0. The smallest absolute Gasteiger partial charge is 0.311 e. The second-order valence-corrected chi connectivity index (χ2v) is 3.92. The number of nitrogens with two attached hydrogens (primary N) is 2. The third-order valence-electron chi connectivity index (χ3n) is 2.61. The molecule has 0 unspecified atom stereocenters. The van der Waals surface area contributed by atoms with Gasteiger partial charge in [-0.3, -0.25) is 10.1 Å². The largest absolute Gasteiger partial charge is 0.507 e. The maximum absolute atomic E-state index is 10.8. The minimum absolute atomic E-state index is 0.164. The van der Waals surface area contributed by atoms with Gasteiger partial charge < -0.3 is 21.7 Å². The van der Waals surface area contributed by atoms with Gasteiger partial charge in [-0.05, 0) is 0 Å². The summed E-state index contributed by atoms with van der Waals surface area (Å²) in [5.41, 5.74) is 9.76. The zero-order valence-electron chi connectivity index (χ0n) is 10.3. The molecule has 6 N–H and O–H groups in total. The van der Waals surface area contributed by atoms with Crippen molar-refractivity contribution in [2.75, 3.05) is 11.5 Å². The average Bonchev–Trinajstić information content (AvgIpc) is 2.37. The van der Waals surface area contributed by atoms with Crippen molar-refractivity contribution < 1.29 is 15.1 Å². The molecule has 0 aliphatic carbocycles. The van der Waals surface area contributed by atoms with Gasteiger partial charge in [-0.25, -0.2) is 4.98 Å². The summed E-state index contributed by atoms with van der Waals surface area (Å²) in [7, 11) is 0. The van der Waals surface area contributed by atoms with Crippen LogP contribution in [0, 0.1) is 21.4 Å². The van der Waals surface area contributed by atoms with Crippen LogP contribution in [-0.2, 0) is 0 Å². The van der Waals surface area contributed by atoms with E-state index in [-0.39, 0.29) is 28.6 Å². The summed E-state index contributed by atoms with van der Waals surface area (Å²) in [6.45, 7) is 0. The highest BCUT2D eigenvalue weighted by Gasteiger charge is 2.22. The molecule has 0 aliphatic heterocycles. The molecule has 0 radical (unpaired) electrons. The van der Waals surface area contributed by atoms with Crippen molar-refractivity contribution in [2.24, 2.45) is 0 Å². The molecule has 0 amide bonds. The summed E-state index contributed by atoms with van der Waals surface area (Å²) in [6.07, 6.45) is 0. The van der Waals surface area contributed by atoms with Crippen LogP contribution in [0.15, 0.2) is 12.1 Å². The van der Waals surface area contributed by atoms with E-state index in [1.54, 1.807) is 6.07 Å². The van der Waals surface area contributed by atoms with E-state index >= 15 is 0 Å². The zero-order valence-corrected chi connectivity index (χ0v) is 10.3. The fourth-order valence-electron chi connectivity index (χ4n) is 1.70. The van der Waals surface area contributed by atoms with Crippen LogP contribution >= 0.6 is 0 Å². The monoisotopic (exact) mass is 288 g/mol. The fourth-order valence-corrected chi connectivity index (χ4v) is 1.70. The number of nitro groups is 1. The number of nitriles is 1. The number of aromatic nitrogens is 2. The van der Waals surface area contributed by atoms with E-state index in [4.69, 9.17) is 16.7 Å². The van der Waals surface area contributed by atoms with Crippen LogP contribution in [-0.4, -0.2) is 25.1 Å². The van der Waals surface area contributed by atoms with Crippen molar-refractivity contribution in [1.82, 2.24) is 9.97 Å². The molecule has 0 saturated carbocycles. The number of rotatable bonds is 2. The van der Waals surface area contributed by atoms with Crippen LogP contribution in [0.3, 0.4) is 0 Å². The Hall–Kier alpha value is -3.61. The normalized spacial score (nSPS) is 10.0. The van der Waals surface area contributed by atoms with Gasteiger partial charge in [0, 0.05) is 12.1 Å². The molecule has 1 aromatic heterocycles. The van der Waals surface area contributed by atoms with Crippen LogP contribution in [0.1, 0.15) is 5.56 Å². The minimum atomic E-state index is -0.849. The zero-order chi connectivity index (χ0) is 15.7. The lowest BCUT2D eigenvalue weighted by Crippen LogP contribution is -2.05. The molecule has 0 atom stereocenters. The Morgan fingerprint density at radius 3 is 2.48 bits per heavy atom. The maximum atomic E-state index is 10.8. The minimum Gasteiger partial charge on any atom is -0.507 e. The van der Waals surface area contributed by atoms with Crippen molar-refractivity contribution in [1.29, 1.82) is 5.26 Å².